The Labute approximate surface area is 218 Å². The van der Waals surface area contributed by atoms with Gasteiger partial charge in [0.05, 0.1) is 30.0 Å². The highest BCUT2D eigenvalue weighted by atomic mass is 16.5. The first kappa shape index (κ1) is 23.4. The summed E-state index contributed by atoms with van der Waals surface area (Å²) in [5.41, 5.74) is 2.28. The topological polar surface area (TPSA) is 83.8 Å². The number of hydrogen-bond acceptors (Lipinski definition) is 5. The Hall–Kier alpha value is -5.04. The second-order valence-electron chi connectivity index (χ2n) is 9.12. The smallest absolute Gasteiger partial charge is 0.266 e. The van der Waals surface area contributed by atoms with Crippen LogP contribution in [0.4, 0.5) is 5.69 Å². The molecule has 0 aromatic heterocycles. The third-order valence-electron chi connectivity index (χ3n) is 6.97. The van der Waals surface area contributed by atoms with Crippen molar-refractivity contribution < 1.29 is 23.9 Å². The summed E-state index contributed by atoms with van der Waals surface area (Å²) in [6, 6.07) is 28.4. The summed E-state index contributed by atoms with van der Waals surface area (Å²) >= 11 is 0. The zero-order valence-electron chi connectivity index (χ0n) is 20.4. The molecule has 38 heavy (non-hydrogen) atoms. The van der Waals surface area contributed by atoms with Crippen molar-refractivity contribution in [2.75, 3.05) is 12.0 Å². The maximum absolute atomic E-state index is 13.7. The van der Waals surface area contributed by atoms with Crippen molar-refractivity contribution in [1.29, 1.82) is 0 Å². The molecule has 2 heterocycles. The molecule has 0 radical (unpaired) electrons. The molecule has 0 bridgehead atoms. The molecule has 4 aromatic rings. The highest BCUT2D eigenvalue weighted by Crippen LogP contribution is 2.46. The summed E-state index contributed by atoms with van der Waals surface area (Å²) < 4.78 is 5.34. The molecule has 0 unspecified atom stereocenters. The molecule has 1 saturated heterocycles. The van der Waals surface area contributed by atoms with Crippen molar-refractivity contribution in [1.82, 2.24) is 4.90 Å². The van der Waals surface area contributed by atoms with Crippen LogP contribution in [-0.4, -0.2) is 41.6 Å². The Kier molecular flexibility index (Phi) is 5.61. The summed E-state index contributed by atoms with van der Waals surface area (Å²) in [7, 11) is 1.47. The molecule has 2 atom stereocenters. The van der Waals surface area contributed by atoms with E-state index in [1.807, 2.05) is 36.4 Å². The van der Waals surface area contributed by atoms with Crippen LogP contribution in [-0.2, 0) is 0 Å². The number of carbonyl (C=O) groups is 4. The minimum Gasteiger partial charge on any atom is -0.495 e. The second kappa shape index (κ2) is 9.12. The number of methoxy groups -OCH3 is 1. The molecule has 0 N–H and O–H groups in total. The van der Waals surface area contributed by atoms with E-state index in [2.05, 4.69) is 0 Å². The Morgan fingerprint density at radius 3 is 2.05 bits per heavy atom. The normalized spacial score (nSPS) is 17.8. The summed E-state index contributed by atoms with van der Waals surface area (Å²) in [5.74, 6) is -1.17. The highest BCUT2D eigenvalue weighted by Gasteiger charge is 2.56. The van der Waals surface area contributed by atoms with Gasteiger partial charge in [-0.15, -0.1) is 0 Å². The third kappa shape index (κ3) is 3.67. The number of benzene rings is 4. The third-order valence-corrected chi connectivity index (χ3v) is 6.97. The highest BCUT2D eigenvalue weighted by molar-refractivity contribution is 6.35. The molecule has 1 fully saturated rings. The van der Waals surface area contributed by atoms with Crippen molar-refractivity contribution >= 4 is 29.2 Å². The summed E-state index contributed by atoms with van der Waals surface area (Å²) in [6.07, 6.45) is 0. The summed E-state index contributed by atoms with van der Waals surface area (Å²) in [4.78, 5) is 56.2. The van der Waals surface area contributed by atoms with Crippen molar-refractivity contribution in [3.63, 3.8) is 0 Å². The molecule has 3 amide bonds. The first-order chi connectivity index (χ1) is 18.5. The fraction of sp³-hybridized carbons (Fsp3) is 0.0968. The van der Waals surface area contributed by atoms with Crippen molar-refractivity contribution in [3.8, 4) is 5.75 Å². The van der Waals surface area contributed by atoms with Gasteiger partial charge >= 0.3 is 0 Å². The van der Waals surface area contributed by atoms with E-state index in [1.54, 1.807) is 48.5 Å². The van der Waals surface area contributed by atoms with Gasteiger partial charge in [0.15, 0.2) is 5.78 Å². The number of para-hydroxylation sites is 2. The molecule has 7 heteroatoms. The van der Waals surface area contributed by atoms with E-state index >= 15 is 0 Å². The zero-order chi connectivity index (χ0) is 26.4. The summed E-state index contributed by atoms with van der Waals surface area (Å²) in [6.45, 7) is 0. The van der Waals surface area contributed by atoms with Crippen LogP contribution in [0.1, 0.15) is 53.0 Å². The van der Waals surface area contributed by atoms with Crippen LogP contribution in [0.2, 0.25) is 0 Å². The largest absolute Gasteiger partial charge is 0.495 e. The van der Waals surface area contributed by atoms with Gasteiger partial charge < -0.3 is 9.64 Å². The molecule has 0 spiro atoms. The lowest BCUT2D eigenvalue weighted by Gasteiger charge is -2.16. The van der Waals surface area contributed by atoms with Gasteiger partial charge in [0.25, 0.3) is 17.7 Å². The maximum atomic E-state index is 13.7. The van der Waals surface area contributed by atoms with Gasteiger partial charge in [-0.2, -0.15) is 0 Å². The fourth-order valence-corrected chi connectivity index (χ4v) is 5.08. The standard InChI is InChI=1S/C31H22N2O5/c1-38-25-15-9-8-14-24(25)32-30(36)22-17-16-21(18-23(22)31(32)37)29(35)33-26(19-10-4-2-5-11-19)27(33)28(34)20-12-6-3-7-13-20/h2-18,26-27H,1H3/t26-,27+,33?/m1/s1. The van der Waals surface area contributed by atoms with Crippen molar-refractivity contribution in [2.24, 2.45) is 0 Å². The Balaban J connectivity index is 1.34. The van der Waals surface area contributed by atoms with E-state index in [9.17, 15) is 19.2 Å². The number of rotatable bonds is 6. The number of anilines is 1. The van der Waals surface area contributed by atoms with Crippen molar-refractivity contribution in [3.05, 3.63) is 131 Å². The van der Waals surface area contributed by atoms with Crippen LogP contribution in [0.5, 0.6) is 5.75 Å². The lowest BCUT2D eigenvalue weighted by atomic mass is 10.0. The number of nitrogens with zero attached hydrogens (tertiary/aromatic N) is 2. The zero-order valence-corrected chi connectivity index (χ0v) is 20.4. The molecular weight excluding hydrogens is 480 g/mol. The number of amides is 3. The Morgan fingerprint density at radius 1 is 0.711 bits per heavy atom. The van der Waals surface area contributed by atoms with Gasteiger partial charge in [-0.1, -0.05) is 72.8 Å². The molecule has 2 aliphatic rings. The Morgan fingerprint density at radius 2 is 1.34 bits per heavy atom. The first-order valence-corrected chi connectivity index (χ1v) is 12.1. The average Bonchev–Trinajstić information content (AvgIpc) is 3.67. The van der Waals surface area contributed by atoms with Gasteiger partial charge in [0.1, 0.15) is 11.8 Å². The predicted molar refractivity (Wildman–Crippen MR) is 140 cm³/mol. The van der Waals surface area contributed by atoms with Crippen LogP contribution in [0.25, 0.3) is 0 Å². The first-order valence-electron chi connectivity index (χ1n) is 12.1. The second-order valence-corrected chi connectivity index (χ2v) is 9.12. The fourth-order valence-electron chi connectivity index (χ4n) is 5.08. The summed E-state index contributed by atoms with van der Waals surface area (Å²) in [5, 5.41) is 0. The van der Waals surface area contributed by atoms with E-state index in [4.69, 9.17) is 4.74 Å². The van der Waals surface area contributed by atoms with Crippen LogP contribution < -0.4 is 9.64 Å². The van der Waals surface area contributed by atoms with Gasteiger partial charge in [-0.05, 0) is 35.9 Å². The number of carbonyl (C=O) groups excluding carboxylic acids is 4. The molecule has 0 saturated carbocycles. The lowest BCUT2D eigenvalue weighted by Crippen LogP contribution is -2.29. The molecule has 2 aliphatic heterocycles. The lowest BCUT2D eigenvalue weighted by molar-refractivity contribution is 0.0833. The van der Waals surface area contributed by atoms with Crippen LogP contribution >= 0.6 is 0 Å². The number of Topliss-reactive ketones (excluding diaryl/α,β-unsaturated/α-hetero) is 1. The van der Waals surface area contributed by atoms with Gasteiger partial charge in [-0.25, -0.2) is 4.90 Å². The average molecular weight is 503 g/mol. The molecule has 7 nitrogen and oxygen atoms in total. The molecule has 4 aromatic carbocycles. The predicted octanol–water partition coefficient (Wildman–Crippen LogP) is 4.94. The number of fused-ring (bicyclic) bond motifs is 1. The Bertz CT molecular complexity index is 1600. The number of hydrogen-bond donors (Lipinski definition) is 0. The number of ketones is 1. The van der Waals surface area contributed by atoms with Crippen LogP contribution in [0.15, 0.2) is 103 Å². The van der Waals surface area contributed by atoms with E-state index in [-0.39, 0.29) is 28.4 Å². The minimum absolute atomic E-state index is 0.135. The SMILES string of the molecule is COc1ccccc1N1C(=O)c2ccc(C(=O)N3[C@H](C(=O)c4ccccc4)[C@H]3c3ccccc3)cc2C1=O. The van der Waals surface area contributed by atoms with E-state index in [1.165, 1.54) is 30.2 Å². The number of imide groups is 1. The quantitative estimate of drug-likeness (QED) is 0.212. The van der Waals surface area contributed by atoms with Gasteiger partial charge in [-0.3, -0.25) is 19.2 Å². The monoisotopic (exact) mass is 502 g/mol. The van der Waals surface area contributed by atoms with Gasteiger partial charge in [0.2, 0.25) is 0 Å². The minimum atomic E-state index is -0.664. The maximum Gasteiger partial charge on any atom is 0.266 e. The van der Waals surface area contributed by atoms with E-state index in [0.29, 0.717) is 17.0 Å². The molecule has 6 rings (SSSR count). The number of ether oxygens (including phenoxy) is 1. The van der Waals surface area contributed by atoms with Crippen LogP contribution in [0, 0.1) is 0 Å². The van der Waals surface area contributed by atoms with Crippen molar-refractivity contribution in [2.45, 2.75) is 12.1 Å². The van der Waals surface area contributed by atoms with Gasteiger partial charge in [0, 0.05) is 11.1 Å². The molecule has 186 valence electrons. The molecule has 0 aliphatic carbocycles. The van der Waals surface area contributed by atoms with E-state index in [0.717, 1.165) is 10.5 Å². The molecular formula is C31H22N2O5. The van der Waals surface area contributed by atoms with Crippen LogP contribution in [0.3, 0.4) is 0 Å². The van der Waals surface area contributed by atoms with E-state index < -0.39 is 23.9 Å².